The Morgan fingerprint density at radius 2 is 2.05 bits per heavy atom. The summed E-state index contributed by atoms with van der Waals surface area (Å²) >= 11 is 5.27. The molecule has 2 N–H and O–H groups in total. The number of nitrogens with zero attached hydrogens (tertiary/aromatic N) is 1. The Morgan fingerprint density at radius 3 is 2.60 bits per heavy atom. The molecule has 2 rings (SSSR count). The van der Waals surface area contributed by atoms with Crippen molar-refractivity contribution in [1.82, 2.24) is 4.98 Å². The van der Waals surface area contributed by atoms with Crippen LogP contribution in [0.25, 0.3) is 0 Å². The van der Waals surface area contributed by atoms with Crippen molar-refractivity contribution in [2.45, 2.75) is 45.6 Å². The summed E-state index contributed by atoms with van der Waals surface area (Å²) in [5.41, 5.74) is 9.94. The first kappa shape index (κ1) is 15.7. The summed E-state index contributed by atoms with van der Waals surface area (Å²) in [6, 6.07) is 6.30. The average Bonchev–Trinajstić information content (AvgIpc) is 2.81. The van der Waals surface area contributed by atoms with Crippen LogP contribution in [0.15, 0.2) is 28.1 Å². The van der Waals surface area contributed by atoms with Gasteiger partial charge in [-0.25, -0.2) is 4.98 Å². The molecule has 1 atom stereocenters. The standard InChI is InChI=1S/C16H21BrN2S/c1-10-5-6-11(7-12(10)17)13(18)8-15-19-14(9-20-15)16(2,3)4/h5-7,9,13H,8,18H2,1-4H3. The molecule has 1 unspecified atom stereocenters. The monoisotopic (exact) mass is 352 g/mol. The Hall–Kier alpha value is -0.710. The number of halogens is 1. The first-order chi connectivity index (χ1) is 9.27. The Balaban J connectivity index is 2.13. The van der Waals surface area contributed by atoms with Gasteiger partial charge < -0.3 is 5.73 Å². The molecule has 0 saturated heterocycles. The van der Waals surface area contributed by atoms with Gasteiger partial charge in [0.05, 0.1) is 10.7 Å². The summed E-state index contributed by atoms with van der Waals surface area (Å²) in [6.07, 6.45) is 0.788. The maximum absolute atomic E-state index is 6.31. The fraction of sp³-hybridized carbons (Fsp3) is 0.438. The van der Waals surface area contributed by atoms with E-state index in [4.69, 9.17) is 10.7 Å². The van der Waals surface area contributed by atoms with Crippen LogP contribution in [0, 0.1) is 6.92 Å². The molecule has 1 aromatic heterocycles. The second-order valence-electron chi connectivity index (χ2n) is 6.20. The average molecular weight is 353 g/mol. The summed E-state index contributed by atoms with van der Waals surface area (Å²) in [5, 5.41) is 3.26. The number of hydrogen-bond donors (Lipinski definition) is 1. The normalized spacial score (nSPS) is 13.5. The lowest BCUT2D eigenvalue weighted by Crippen LogP contribution is -2.15. The zero-order chi connectivity index (χ0) is 14.9. The van der Waals surface area contributed by atoms with Gasteiger partial charge in [-0.15, -0.1) is 11.3 Å². The summed E-state index contributed by atoms with van der Waals surface area (Å²) in [4.78, 5) is 4.71. The second kappa shape index (κ2) is 5.96. The fourth-order valence-corrected chi connectivity index (χ4v) is 3.37. The molecule has 0 radical (unpaired) electrons. The molecule has 20 heavy (non-hydrogen) atoms. The maximum Gasteiger partial charge on any atom is 0.0947 e. The molecule has 0 fully saturated rings. The zero-order valence-corrected chi connectivity index (χ0v) is 14.8. The van der Waals surface area contributed by atoms with Crippen LogP contribution in [0.5, 0.6) is 0 Å². The number of thiazole rings is 1. The Morgan fingerprint density at radius 1 is 1.35 bits per heavy atom. The largest absolute Gasteiger partial charge is 0.324 e. The van der Waals surface area contributed by atoms with Crippen molar-refractivity contribution in [3.05, 3.63) is 49.9 Å². The van der Waals surface area contributed by atoms with E-state index in [1.807, 2.05) is 0 Å². The number of rotatable bonds is 3. The number of benzene rings is 1. The molecule has 0 aliphatic carbocycles. The van der Waals surface area contributed by atoms with Gasteiger partial charge in [-0.05, 0) is 24.1 Å². The van der Waals surface area contributed by atoms with Gasteiger partial charge in [0, 0.05) is 27.7 Å². The van der Waals surface area contributed by atoms with Crippen LogP contribution in [0.4, 0.5) is 0 Å². The van der Waals surface area contributed by atoms with Gasteiger partial charge in [-0.2, -0.15) is 0 Å². The summed E-state index contributed by atoms with van der Waals surface area (Å²) in [6.45, 7) is 8.63. The van der Waals surface area contributed by atoms with E-state index in [2.05, 4.69) is 67.2 Å². The molecule has 108 valence electrons. The molecule has 0 amide bonds. The van der Waals surface area contributed by atoms with Gasteiger partial charge in [0.1, 0.15) is 0 Å². The van der Waals surface area contributed by atoms with Crippen molar-refractivity contribution in [2.75, 3.05) is 0 Å². The minimum absolute atomic E-state index is 0.00846. The van der Waals surface area contributed by atoms with Crippen LogP contribution in [0.1, 0.15) is 48.6 Å². The molecular weight excluding hydrogens is 332 g/mol. The van der Waals surface area contributed by atoms with E-state index in [9.17, 15) is 0 Å². The minimum Gasteiger partial charge on any atom is -0.324 e. The van der Waals surface area contributed by atoms with Crippen LogP contribution in [0.3, 0.4) is 0 Å². The van der Waals surface area contributed by atoms with E-state index >= 15 is 0 Å². The van der Waals surface area contributed by atoms with Crippen molar-refractivity contribution in [3.8, 4) is 0 Å². The van der Waals surface area contributed by atoms with Crippen LogP contribution >= 0.6 is 27.3 Å². The van der Waals surface area contributed by atoms with Gasteiger partial charge in [0.25, 0.3) is 0 Å². The van der Waals surface area contributed by atoms with Crippen molar-refractivity contribution >= 4 is 27.3 Å². The predicted molar refractivity (Wildman–Crippen MR) is 90.3 cm³/mol. The van der Waals surface area contributed by atoms with Crippen LogP contribution in [0.2, 0.25) is 0 Å². The molecule has 0 spiro atoms. The lowest BCUT2D eigenvalue weighted by atomic mass is 9.93. The SMILES string of the molecule is Cc1ccc(C(N)Cc2nc(C(C)(C)C)cs2)cc1Br. The molecule has 0 bridgehead atoms. The highest BCUT2D eigenvalue weighted by molar-refractivity contribution is 9.10. The van der Waals surface area contributed by atoms with Gasteiger partial charge in [0.15, 0.2) is 0 Å². The van der Waals surface area contributed by atoms with Crippen molar-refractivity contribution in [1.29, 1.82) is 0 Å². The van der Waals surface area contributed by atoms with Crippen LogP contribution < -0.4 is 5.73 Å². The van der Waals surface area contributed by atoms with Crippen LogP contribution in [-0.2, 0) is 11.8 Å². The molecular formula is C16H21BrN2S. The lowest BCUT2D eigenvalue weighted by molar-refractivity contribution is 0.569. The first-order valence-electron chi connectivity index (χ1n) is 6.74. The fourth-order valence-electron chi connectivity index (χ4n) is 1.89. The Kier molecular flexibility index (Phi) is 4.67. The van der Waals surface area contributed by atoms with Gasteiger partial charge in [-0.1, -0.05) is 48.8 Å². The molecule has 1 heterocycles. The summed E-state index contributed by atoms with van der Waals surface area (Å²) in [7, 11) is 0. The van der Waals surface area contributed by atoms with Gasteiger partial charge >= 0.3 is 0 Å². The van der Waals surface area contributed by atoms with Gasteiger partial charge in [0.2, 0.25) is 0 Å². The van der Waals surface area contributed by atoms with Gasteiger partial charge in [-0.3, -0.25) is 0 Å². The lowest BCUT2D eigenvalue weighted by Gasteiger charge is -2.15. The van der Waals surface area contributed by atoms with E-state index in [-0.39, 0.29) is 11.5 Å². The quantitative estimate of drug-likeness (QED) is 0.865. The summed E-state index contributed by atoms with van der Waals surface area (Å²) < 4.78 is 1.11. The Bertz CT molecular complexity index is 599. The molecule has 2 aromatic rings. The number of aromatic nitrogens is 1. The highest BCUT2D eigenvalue weighted by Gasteiger charge is 2.18. The zero-order valence-electron chi connectivity index (χ0n) is 12.4. The number of hydrogen-bond acceptors (Lipinski definition) is 3. The maximum atomic E-state index is 6.31. The van der Waals surface area contributed by atoms with E-state index < -0.39 is 0 Å². The third kappa shape index (κ3) is 3.68. The highest BCUT2D eigenvalue weighted by Crippen LogP contribution is 2.27. The third-order valence-electron chi connectivity index (χ3n) is 3.34. The molecule has 0 saturated carbocycles. The second-order valence-corrected chi connectivity index (χ2v) is 7.99. The molecule has 0 aliphatic rings. The highest BCUT2D eigenvalue weighted by atomic mass is 79.9. The number of nitrogens with two attached hydrogens (primary N) is 1. The van der Waals surface area contributed by atoms with Crippen LogP contribution in [-0.4, -0.2) is 4.98 Å². The Labute approximate surface area is 133 Å². The topological polar surface area (TPSA) is 38.9 Å². The van der Waals surface area contributed by atoms with E-state index in [1.165, 1.54) is 5.56 Å². The molecule has 4 heteroatoms. The predicted octanol–water partition coefficient (Wildman–Crippen LogP) is 4.75. The number of aryl methyl sites for hydroxylation is 1. The minimum atomic E-state index is -0.00846. The van der Waals surface area contributed by atoms with Crippen molar-refractivity contribution in [2.24, 2.45) is 5.73 Å². The molecule has 1 aromatic carbocycles. The molecule has 0 aliphatic heterocycles. The smallest absolute Gasteiger partial charge is 0.0947 e. The van der Waals surface area contributed by atoms with E-state index in [0.717, 1.165) is 27.2 Å². The van der Waals surface area contributed by atoms with Crippen molar-refractivity contribution < 1.29 is 0 Å². The van der Waals surface area contributed by atoms with E-state index in [1.54, 1.807) is 11.3 Å². The third-order valence-corrected chi connectivity index (χ3v) is 5.06. The summed E-state index contributed by atoms with van der Waals surface area (Å²) in [5.74, 6) is 0. The van der Waals surface area contributed by atoms with Crippen molar-refractivity contribution in [3.63, 3.8) is 0 Å². The molecule has 2 nitrogen and oxygen atoms in total. The first-order valence-corrected chi connectivity index (χ1v) is 8.41. The van der Waals surface area contributed by atoms with E-state index in [0.29, 0.717) is 0 Å².